The van der Waals surface area contributed by atoms with Gasteiger partial charge in [-0.1, -0.05) is 0 Å². The lowest BCUT2D eigenvalue weighted by Gasteiger charge is -2.10. The molecule has 0 aromatic rings. The molecule has 0 bridgehead atoms. The molecule has 1 aliphatic rings. The van der Waals surface area contributed by atoms with E-state index in [2.05, 4.69) is 0 Å². The molecule has 1 atom stereocenters. The summed E-state index contributed by atoms with van der Waals surface area (Å²) in [4.78, 5) is 0. The molecule has 0 N–H and O–H groups in total. The van der Waals surface area contributed by atoms with Crippen molar-refractivity contribution in [3.05, 3.63) is 0 Å². The van der Waals surface area contributed by atoms with Gasteiger partial charge < -0.3 is 4.74 Å². The molecule has 1 unspecified atom stereocenters. The second kappa shape index (κ2) is 2.37. The van der Waals surface area contributed by atoms with Gasteiger partial charge in [0.2, 0.25) is 0 Å². The Labute approximate surface area is 69.9 Å². The molecule has 0 radical (unpaired) electrons. The summed E-state index contributed by atoms with van der Waals surface area (Å²) in [6, 6.07) is 0. The van der Waals surface area contributed by atoms with E-state index in [1.165, 1.54) is 0 Å². The number of hydrogen-bond acceptors (Lipinski definition) is 1. The van der Waals surface area contributed by atoms with E-state index < -0.39 is 18.2 Å². The molecule has 0 aliphatic carbocycles. The van der Waals surface area contributed by atoms with Crippen LogP contribution in [0.3, 0.4) is 0 Å². The minimum atomic E-state index is -4.06. The summed E-state index contributed by atoms with van der Waals surface area (Å²) in [6.45, 7) is 5.34. The van der Waals surface area contributed by atoms with Crippen molar-refractivity contribution in [3.8, 4) is 0 Å². The first-order chi connectivity index (χ1) is 5.16. The van der Waals surface area contributed by atoms with Gasteiger partial charge >= 0.3 is 6.18 Å². The van der Waals surface area contributed by atoms with Crippen molar-refractivity contribution in [2.24, 2.45) is 0 Å². The molecule has 1 fully saturated rings. The number of rotatable bonds is 2. The van der Waals surface area contributed by atoms with E-state index in [1.54, 1.807) is 6.92 Å². The fraction of sp³-hybridized carbons (Fsp3) is 1.00. The second-order valence-electron chi connectivity index (χ2n) is 3.96. The summed E-state index contributed by atoms with van der Waals surface area (Å²) in [5.74, 6) is 0. The lowest BCUT2D eigenvalue weighted by Crippen LogP contribution is -2.20. The van der Waals surface area contributed by atoms with E-state index in [-0.39, 0.29) is 12.0 Å². The highest BCUT2D eigenvalue weighted by atomic mass is 19.4. The highest BCUT2D eigenvalue weighted by molar-refractivity contribution is 5.07. The van der Waals surface area contributed by atoms with Crippen molar-refractivity contribution >= 4 is 0 Å². The summed E-state index contributed by atoms with van der Waals surface area (Å²) in [7, 11) is 0. The highest BCUT2D eigenvalue weighted by Gasteiger charge is 2.60. The van der Waals surface area contributed by atoms with Crippen LogP contribution in [0.2, 0.25) is 0 Å². The molecule has 12 heavy (non-hydrogen) atoms. The molecule has 72 valence electrons. The Morgan fingerprint density at radius 3 is 1.83 bits per heavy atom. The monoisotopic (exact) mass is 182 g/mol. The van der Waals surface area contributed by atoms with E-state index in [0.717, 1.165) is 0 Å². The Morgan fingerprint density at radius 2 is 1.58 bits per heavy atom. The third-order valence-corrected chi connectivity index (χ3v) is 2.60. The largest absolute Gasteiger partial charge is 0.389 e. The van der Waals surface area contributed by atoms with Crippen LogP contribution in [0, 0.1) is 0 Å². The maximum atomic E-state index is 11.8. The molecule has 1 rings (SSSR count). The number of halogens is 3. The van der Waals surface area contributed by atoms with Gasteiger partial charge in [-0.2, -0.15) is 13.2 Å². The predicted octanol–water partition coefficient (Wildman–Crippen LogP) is 2.90. The smallest absolute Gasteiger partial charge is 0.363 e. The molecule has 0 spiro atoms. The summed E-state index contributed by atoms with van der Waals surface area (Å²) in [6.07, 6.45) is -4.76. The van der Waals surface area contributed by atoms with Crippen LogP contribution in [0.5, 0.6) is 0 Å². The maximum Gasteiger partial charge on any atom is 0.389 e. The van der Waals surface area contributed by atoms with E-state index >= 15 is 0 Å². The van der Waals surface area contributed by atoms with Crippen LogP contribution in [0.1, 0.15) is 33.6 Å². The predicted molar refractivity (Wildman–Crippen MR) is 38.9 cm³/mol. The van der Waals surface area contributed by atoms with Crippen molar-refractivity contribution in [2.75, 3.05) is 0 Å². The van der Waals surface area contributed by atoms with Crippen molar-refractivity contribution in [3.63, 3.8) is 0 Å². The van der Waals surface area contributed by atoms with Gasteiger partial charge in [0.15, 0.2) is 0 Å². The van der Waals surface area contributed by atoms with Gasteiger partial charge in [0, 0.05) is 6.42 Å². The fourth-order valence-electron chi connectivity index (χ4n) is 1.27. The minimum absolute atomic E-state index is 0.0590. The molecule has 1 saturated heterocycles. The quantitative estimate of drug-likeness (QED) is 0.598. The average molecular weight is 182 g/mol. The first-order valence-electron chi connectivity index (χ1n) is 3.93. The topological polar surface area (TPSA) is 12.5 Å². The third-order valence-electron chi connectivity index (χ3n) is 2.60. The minimum Gasteiger partial charge on any atom is -0.363 e. The Kier molecular flexibility index (Phi) is 1.95. The van der Waals surface area contributed by atoms with Gasteiger partial charge in [0.25, 0.3) is 0 Å². The molecule has 1 heterocycles. The summed E-state index contributed by atoms with van der Waals surface area (Å²) >= 11 is 0. The van der Waals surface area contributed by atoms with Crippen molar-refractivity contribution in [1.29, 1.82) is 0 Å². The van der Waals surface area contributed by atoms with Gasteiger partial charge in [-0.05, 0) is 27.2 Å². The molecule has 0 saturated carbocycles. The van der Waals surface area contributed by atoms with Crippen LogP contribution in [0.15, 0.2) is 0 Å². The number of alkyl halides is 3. The SMILES string of the molecule is CC1(C)OC1(C)CCC(F)(F)F. The third kappa shape index (κ3) is 1.91. The van der Waals surface area contributed by atoms with Crippen LogP contribution < -0.4 is 0 Å². The molecule has 1 aliphatic heterocycles. The molecule has 4 heteroatoms. The van der Waals surface area contributed by atoms with E-state index in [1.807, 2.05) is 13.8 Å². The van der Waals surface area contributed by atoms with Gasteiger partial charge in [0.05, 0.1) is 11.2 Å². The van der Waals surface area contributed by atoms with E-state index in [4.69, 9.17) is 4.74 Å². The van der Waals surface area contributed by atoms with Gasteiger partial charge in [-0.3, -0.25) is 0 Å². The van der Waals surface area contributed by atoms with Crippen LogP contribution >= 0.6 is 0 Å². The fourth-order valence-corrected chi connectivity index (χ4v) is 1.27. The second-order valence-corrected chi connectivity index (χ2v) is 3.96. The normalized spacial score (nSPS) is 33.5. The van der Waals surface area contributed by atoms with Crippen LogP contribution in [-0.2, 0) is 4.74 Å². The first-order valence-corrected chi connectivity index (χ1v) is 3.93. The number of ether oxygens (including phenoxy) is 1. The van der Waals surface area contributed by atoms with E-state index in [0.29, 0.717) is 0 Å². The number of hydrogen-bond donors (Lipinski definition) is 0. The first kappa shape index (κ1) is 9.84. The Bertz CT molecular complexity index is 185. The Morgan fingerprint density at radius 1 is 1.17 bits per heavy atom. The van der Waals surface area contributed by atoms with Crippen LogP contribution in [0.25, 0.3) is 0 Å². The molecule has 0 aromatic heterocycles. The highest BCUT2D eigenvalue weighted by Crippen LogP contribution is 2.51. The molecular formula is C8H13F3O. The number of epoxide rings is 1. The van der Waals surface area contributed by atoms with Crippen molar-refractivity contribution in [2.45, 2.75) is 51.0 Å². The molecule has 0 aromatic carbocycles. The van der Waals surface area contributed by atoms with Gasteiger partial charge in [-0.15, -0.1) is 0 Å². The van der Waals surface area contributed by atoms with Crippen LogP contribution in [-0.4, -0.2) is 17.4 Å². The summed E-state index contributed by atoms with van der Waals surface area (Å²) < 4.78 is 40.6. The lowest BCUT2D eigenvalue weighted by atomic mass is 9.93. The maximum absolute atomic E-state index is 11.8. The molecule has 1 nitrogen and oxygen atoms in total. The zero-order chi connectivity index (χ0) is 9.62. The van der Waals surface area contributed by atoms with Gasteiger partial charge in [-0.25, -0.2) is 0 Å². The lowest BCUT2D eigenvalue weighted by molar-refractivity contribution is -0.138. The molecular weight excluding hydrogens is 169 g/mol. The van der Waals surface area contributed by atoms with Gasteiger partial charge in [0.1, 0.15) is 0 Å². The van der Waals surface area contributed by atoms with E-state index in [9.17, 15) is 13.2 Å². The zero-order valence-corrected chi connectivity index (χ0v) is 7.46. The average Bonchev–Trinajstić information content (AvgIpc) is 2.28. The standard InChI is InChI=1S/C8H13F3O/c1-6(2)7(3,12-6)4-5-8(9,10)11/h4-5H2,1-3H3. The Hall–Kier alpha value is -0.250. The van der Waals surface area contributed by atoms with Crippen LogP contribution in [0.4, 0.5) is 13.2 Å². The zero-order valence-electron chi connectivity index (χ0n) is 7.46. The Balaban J connectivity index is 2.36. The van der Waals surface area contributed by atoms with Crippen molar-refractivity contribution in [1.82, 2.24) is 0 Å². The molecule has 0 amide bonds. The summed E-state index contributed by atoms with van der Waals surface area (Å²) in [5, 5.41) is 0. The summed E-state index contributed by atoms with van der Waals surface area (Å²) in [5.41, 5.74) is -0.944. The van der Waals surface area contributed by atoms with Crippen molar-refractivity contribution < 1.29 is 17.9 Å².